The fourth-order valence-electron chi connectivity index (χ4n) is 3.37. The van der Waals surface area contributed by atoms with Gasteiger partial charge in [-0.25, -0.2) is 0 Å². The number of nitrogens with zero attached hydrogens (tertiary/aromatic N) is 1. The number of likely N-dealkylation sites (N-methyl/N-ethyl adjacent to an activating group) is 1. The number of likely N-dealkylation sites (tertiary alicyclic amines) is 1. The maximum absolute atomic E-state index is 11.0. The SMILES string of the molecule is CN1CCCC1/C=C/c1cc(Br)cc(COc2ccccc2CC(=O)O)c1. The van der Waals surface area contributed by atoms with Gasteiger partial charge in [0.15, 0.2) is 0 Å². The van der Waals surface area contributed by atoms with E-state index in [2.05, 4.69) is 52.2 Å². The Morgan fingerprint density at radius 1 is 1.33 bits per heavy atom. The van der Waals surface area contributed by atoms with Crippen molar-refractivity contribution in [2.75, 3.05) is 13.6 Å². The molecule has 0 saturated carbocycles. The molecular formula is C22H24BrNO3. The van der Waals surface area contributed by atoms with Crippen molar-refractivity contribution in [1.82, 2.24) is 4.90 Å². The van der Waals surface area contributed by atoms with Gasteiger partial charge < -0.3 is 9.84 Å². The van der Waals surface area contributed by atoms with Crippen LogP contribution < -0.4 is 4.74 Å². The van der Waals surface area contributed by atoms with E-state index in [0.717, 1.165) is 22.1 Å². The molecule has 1 unspecified atom stereocenters. The number of carboxylic acids is 1. The highest BCUT2D eigenvalue weighted by Gasteiger charge is 2.17. The first-order chi connectivity index (χ1) is 13.0. The Morgan fingerprint density at radius 3 is 2.89 bits per heavy atom. The molecule has 2 aromatic carbocycles. The van der Waals surface area contributed by atoms with Gasteiger partial charge in [-0.1, -0.05) is 46.3 Å². The predicted molar refractivity (Wildman–Crippen MR) is 111 cm³/mol. The minimum absolute atomic E-state index is 0.0441. The third-order valence-corrected chi connectivity index (χ3v) is 5.23. The maximum Gasteiger partial charge on any atom is 0.307 e. The van der Waals surface area contributed by atoms with Crippen molar-refractivity contribution in [1.29, 1.82) is 0 Å². The number of carbonyl (C=O) groups is 1. The average Bonchev–Trinajstić information content (AvgIpc) is 3.03. The van der Waals surface area contributed by atoms with E-state index in [1.165, 1.54) is 12.8 Å². The molecule has 0 bridgehead atoms. The zero-order valence-corrected chi connectivity index (χ0v) is 17.0. The molecule has 1 heterocycles. The third kappa shape index (κ3) is 5.68. The molecule has 142 valence electrons. The standard InChI is InChI=1S/C22H24BrNO3/c1-24-10-4-6-20(24)9-8-16-11-17(13-19(23)12-16)15-27-21-7-3-2-5-18(21)14-22(25)26/h2-3,5,7-9,11-13,20H,4,6,10,14-15H2,1H3,(H,25,26)/b9-8+. The van der Waals surface area contributed by atoms with E-state index >= 15 is 0 Å². The molecule has 1 saturated heterocycles. The largest absolute Gasteiger partial charge is 0.489 e. The Labute approximate surface area is 168 Å². The second-order valence-corrected chi connectivity index (χ2v) is 7.82. The van der Waals surface area contributed by atoms with Crippen LogP contribution in [0.3, 0.4) is 0 Å². The van der Waals surface area contributed by atoms with Crippen molar-refractivity contribution >= 4 is 28.0 Å². The van der Waals surface area contributed by atoms with Crippen molar-refractivity contribution < 1.29 is 14.6 Å². The Balaban J connectivity index is 1.70. The molecule has 27 heavy (non-hydrogen) atoms. The fourth-order valence-corrected chi connectivity index (χ4v) is 3.93. The van der Waals surface area contributed by atoms with Crippen LogP contribution >= 0.6 is 15.9 Å². The summed E-state index contributed by atoms with van der Waals surface area (Å²) in [5.74, 6) is -0.248. The number of carboxylic acid groups (broad SMARTS) is 1. The van der Waals surface area contributed by atoms with Crippen LogP contribution in [0.2, 0.25) is 0 Å². The number of hydrogen-bond acceptors (Lipinski definition) is 3. The van der Waals surface area contributed by atoms with E-state index in [0.29, 0.717) is 24.0 Å². The van der Waals surface area contributed by atoms with Crippen molar-refractivity contribution in [3.63, 3.8) is 0 Å². The lowest BCUT2D eigenvalue weighted by atomic mass is 10.1. The summed E-state index contributed by atoms with van der Waals surface area (Å²) < 4.78 is 6.91. The monoisotopic (exact) mass is 429 g/mol. The van der Waals surface area contributed by atoms with Gasteiger partial charge in [-0.2, -0.15) is 0 Å². The predicted octanol–water partition coefficient (Wildman–Crippen LogP) is 4.76. The Kier molecular flexibility index (Phi) is 6.69. The molecule has 0 radical (unpaired) electrons. The smallest absolute Gasteiger partial charge is 0.307 e. The molecule has 1 fully saturated rings. The summed E-state index contributed by atoms with van der Waals surface area (Å²) in [4.78, 5) is 13.4. The van der Waals surface area contributed by atoms with E-state index in [1.54, 1.807) is 6.07 Å². The van der Waals surface area contributed by atoms with Gasteiger partial charge in [0.05, 0.1) is 6.42 Å². The molecular weight excluding hydrogens is 406 g/mol. The van der Waals surface area contributed by atoms with Crippen LogP contribution in [-0.4, -0.2) is 35.6 Å². The number of rotatable bonds is 7. The van der Waals surface area contributed by atoms with Crippen molar-refractivity contribution in [2.24, 2.45) is 0 Å². The lowest BCUT2D eigenvalue weighted by molar-refractivity contribution is -0.136. The highest BCUT2D eigenvalue weighted by atomic mass is 79.9. The number of para-hydroxylation sites is 1. The topological polar surface area (TPSA) is 49.8 Å². The van der Waals surface area contributed by atoms with E-state index in [1.807, 2.05) is 24.3 Å². The highest BCUT2D eigenvalue weighted by molar-refractivity contribution is 9.10. The zero-order valence-electron chi connectivity index (χ0n) is 15.4. The van der Waals surface area contributed by atoms with Gasteiger partial charge in [-0.15, -0.1) is 0 Å². The second kappa shape index (κ2) is 9.20. The first kappa shape index (κ1) is 19.6. The van der Waals surface area contributed by atoms with Gasteiger partial charge in [-0.3, -0.25) is 9.69 Å². The molecule has 1 atom stereocenters. The number of aliphatic carboxylic acids is 1. The lowest BCUT2D eigenvalue weighted by Gasteiger charge is -2.15. The summed E-state index contributed by atoms with van der Waals surface area (Å²) in [6, 6.07) is 14.0. The normalized spacial score (nSPS) is 17.5. The molecule has 0 spiro atoms. The van der Waals surface area contributed by atoms with Crippen LogP contribution in [0.1, 0.15) is 29.5 Å². The molecule has 2 aromatic rings. The number of hydrogen-bond donors (Lipinski definition) is 1. The first-order valence-corrected chi connectivity index (χ1v) is 9.91. The quantitative estimate of drug-likeness (QED) is 0.688. The Hall–Kier alpha value is -2.11. The van der Waals surface area contributed by atoms with Crippen molar-refractivity contribution in [3.05, 3.63) is 69.7 Å². The van der Waals surface area contributed by atoms with Crippen LogP contribution in [0, 0.1) is 0 Å². The molecule has 1 aliphatic heterocycles. The van der Waals surface area contributed by atoms with Crippen molar-refractivity contribution in [3.8, 4) is 5.75 Å². The van der Waals surface area contributed by atoms with Gasteiger partial charge in [0.1, 0.15) is 12.4 Å². The van der Waals surface area contributed by atoms with Crippen LogP contribution in [0.15, 0.2) is 53.0 Å². The molecule has 0 aliphatic carbocycles. The number of halogens is 1. The van der Waals surface area contributed by atoms with E-state index < -0.39 is 5.97 Å². The fraction of sp³-hybridized carbons (Fsp3) is 0.318. The maximum atomic E-state index is 11.0. The first-order valence-electron chi connectivity index (χ1n) is 9.11. The van der Waals surface area contributed by atoms with Crippen LogP contribution in [0.25, 0.3) is 6.08 Å². The minimum atomic E-state index is -0.863. The summed E-state index contributed by atoms with van der Waals surface area (Å²) in [5, 5.41) is 9.04. The van der Waals surface area contributed by atoms with Gasteiger partial charge in [0, 0.05) is 16.1 Å². The van der Waals surface area contributed by atoms with E-state index in [4.69, 9.17) is 9.84 Å². The molecule has 3 rings (SSSR count). The summed E-state index contributed by atoms with van der Waals surface area (Å²) >= 11 is 3.57. The van der Waals surface area contributed by atoms with Gasteiger partial charge in [0.2, 0.25) is 0 Å². The summed E-state index contributed by atoms with van der Waals surface area (Å²) in [6.07, 6.45) is 6.84. The van der Waals surface area contributed by atoms with Crippen LogP contribution in [0.5, 0.6) is 5.75 Å². The lowest BCUT2D eigenvalue weighted by Crippen LogP contribution is -2.22. The molecule has 1 N–H and O–H groups in total. The van der Waals surface area contributed by atoms with Crippen LogP contribution in [0.4, 0.5) is 0 Å². The molecule has 0 aromatic heterocycles. The number of ether oxygens (including phenoxy) is 1. The van der Waals surface area contributed by atoms with E-state index in [9.17, 15) is 4.79 Å². The van der Waals surface area contributed by atoms with Crippen molar-refractivity contribution in [2.45, 2.75) is 31.9 Å². The molecule has 1 aliphatic rings. The van der Waals surface area contributed by atoms with E-state index in [-0.39, 0.29) is 6.42 Å². The molecule has 4 nitrogen and oxygen atoms in total. The second-order valence-electron chi connectivity index (χ2n) is 6.91. The Bertz CT molecular complexity index is 834. The summed E-state index contributed by atoms with van der Waals surface area (Å²) in [7, 11) is 2.16. The molecule has 0 amide bonds. The highest BCUT2D eigenvalue weighted by Crippen LogP contribution is 2.23. The average molecular weight is 430 g/mol. The number of benzene rings is 2. The van der Waals surface area contributed by atoms with Crippen LogP contribution in [-0.2, 0) is 17.8 Å². The van der Waals surface area contributed by atoms with Gasteiger partial charge in [-0.05, 0) is 61.8 Å². The molecule has 5 heteroatoms. The third-order valence-electron chi connectivity index (χ3n) is 4.78. The summed E-state index contributed by atoms with van der Waals surface area (Å²) in [6.45, 7) is 1.54. The zero-order chi connectivity index (χ0) is 19.2. The minimum Gasteiger partial charge on any atom is -0.489 e. The van der Waals surface area contributed by atoms with Gasteiger partial charge in [0.25, 0.3) is 0 Å². The summed E-state index contributed by atoms with van der Waals surface area (Å²) in [5.41, 5.74) is 2.85. The Morgan fingerprint density at radius 2 is 2.15 bits per heavy atom. The van der Waals surface area contributed by atoms with Gasteiger partial charge >= 0.3 is 5.97 Å².